The van der Waals surface area contributed by atoms with Crippen LogP contribution in [0.2, 0.25) is 0 Å². The summed E-state index contributed by atoms with van der Waals surface area (Å²) in [4.78, 5) is 52.6. The number of urea groups is 1. The number of nitrogens with two attached hydrogens (primary N) is 2. The fraction of sp³-hybridized carbons (Fsp3) is 0.450. The molecule has 1 aromatic rings. The van der Waals surface area contributed by atoms with E-state index in [-0.39, 0.29) is 30.7 Å². The number of esters is 1. The van der Waals surface area contributed by atoms with Gasteiger partial charge in [0.05, 0.1) is 13.0 Å². The van der Waals surface area contributed by atoms with Crippen LogP contribution in [0.5, 0.6) is 0 Å². The van der Waals surface area contributed by atoms with Crippen molar-refractivity contribution in [3.63, 3.8) is 0 Å². The minimum absolute atomic E-state index is 0.0476. The van der Waals surface area contributed by atoms with E-state index in [1.807, 2.05) is 6.92 Å². The maximum Gasteiger partial charge on any atom is 0.430 e. The Morgan fingerprint density at radius 3 is 2.59 bits per heavy atom. The summed E-state index contributed by atoms with van der Waals surface area (Å²) < 4.78 is 5.01. The molecule has 4 amide bonds. The molecule has 0 bridgehead atoms. The molecule has 6 N–H and O–H groups in total. The van der Waals surface area contributed by atoms with Gasteiger partial charge in [0.25, 0.3) is 0 Å². The summed E-state index contributed by atoms with van der Waals surface area (Å²) in [7, 11) is 0. The van der Waals surface area contributed by atoms with Crippen LogP contribution in [0.3, 0.4) is 0 Å². The van der Waals surface area contributed by atoms with E-state index in [1.165, 1.54) is 4.90 Å². The van der Waals surface area contributed by atoms with Crippen molar-refractivity contribution in [2.24, 2.45) is 16.6 Å². The van der Waals surface area contributed by atoms with Crippen molar-refractivity contribution >= 4 is 35.5 Å². The maximum atomic E-state index is 12.7. The standard InChI is InChI=1S/C20H28N6O6/c1-2-3-12-31-16(27)8-10-23-20(30)24-15-9-11-26(18(15)28)14-6-4-13(5-7-14)17(21)25-32-19(22)29/h4-7,15H,2-3,8-12H2,1H3,(H2,21,25)(H2,22,29)(H2,23,24,30). The zero-order valence-electron chi connectivity index (χ0n) is 17.8. The first-order valence-electron chi connectivity index (χ1n) is 10.2. The number of benzene rings is 1. The van der Waals surface area contributed by atoms with Gasteiger partial charge in [0.2, 0.25) is 5.91 Å². The summed E-state index contributed by atoms with van der Waals surface area (Å²) in [6, 6.07) is 5.33. The van der Waals surface area contributed by atoms with E-state index in [9.17, 15) is 19.2 Å². The van der Waals surface area contributed by atoms with E-state index >= 15 is 0 Å². The van der Waals surface area contributed by atoms with Crippen molar-refractivity contribution in [2.45, 2.75) is 38.6 Å². The predicted octanol–water partition coefficient (Wildman–Crippen LogP) is 0.540. The molecular formula is C20H28N6O6. The summed E-state index contributed by atoms with van der Waals surface area (Å²) in [5, 5.41) is 8.56. The number of rotatable bonds is 10. The quantitative estimate of drug-likeness (QED) is 0.101. The smallest absolute Gasteiger partial charge is 0.430 e. The van der Waals surface area contributed by atoms with Crippen molar-refractivity contribution in [2.75, 3.05) is 24.6 Å². The van der Waals surface area contributed by atoms with Crippen molar-refractivity contribution in [3.8, 4) is 0 Å². The molecule has 1 saturated heterocycles. The molecule has 1 fully saturated rings. The van der Waals surface area contributed by atoms with Gasteiger partial charge in [-0.25, -0.2) is 9.59 Å². The molecule has 174 valence electrons. The molecule has 12 nitrogen and oxygen atoms in total. The Hall–Kier alpha value is -3.83. The van der Waals surface area contributed by atoms with Gasteiger partial charge in [0, 0.05) is 24.3 Å². The number of primary amides is 1. The molecule has 0 spiro atoms. The Morgan fingerprint density at radius 1 is 1.22 bits per heavy atom. The number of hydrogen-bond donors (Lipinski definition) is 4. The summed E-state index contributed by atoms with van der Waals surface area (Å²) >= 11 is 0. The number of unbranched alkanes of at least 4 members (excludes halogenated alkanes) is 1. The van der Waals surface area contributed by atoms with Crippen molar-refractivity contribution in [3.05, 3.63) is 29.8 Å². The molecule has 0 aromatic heterocycles. The minimum atomic E-state index is -1.08. The fourth-order valence-electron chi connectivity index (χ4n) is 2.92. The summed E-state index contributed by atoms with van der Waals surface area (Å²) in [5.74, 6) is -0.684. The van der Waals surface area contributed by atoms with Gasteiger partial charge in [-0.05, 0) is 37.1 Å². The number of nitrogens with zero attached hydrogens (tertiary/aromatic N) is 2. The number of amides is 4. The molecule has 12 heteroatoms. The summed E-state index contributed by atoms with van der Waals surface area (Å²) in [6.07, 6.45) is 1.14. The van der Waals surface area contributed by atoms with Gasteiger partial charge in [-0.15, -0.1) is 0 Å². The molecule has 1 heterocycles. The van der Waals surface area contributed by atoms with Crippen LogP contribution >= 0.6 is 0 Å². The van der Waals surface area contributed by atoms with E-state index < -0.39 is 18.2 Å². The number of hydrogen-bond acceptors (Lipinski definition) is 7. The lowest BCUT2D eigenvalue weighted by atomic mass is 10.2. The third-order valence-electron chi connectivity index (χ3n) is 4.60. The second-order valence-corrected chi connectivity index (χ2v) is 6.99. The van der Waals surface area contributed by atoms with Gasteiger partial charge in [-0.3, -0.25) is 14.4 Å². The fourth-order valence-corrected chi connectivity index (χ4v) is 2.92. The SMILES string of the molecule is CCCCOC(=O)CCNC(=O)NC1CCN(c2ccc(C(N)=NOC(N)=O)cc2)C1=O. The van der Waals surface area contributed by atoms with E-state index in [1.54, 1.807) is 24.3 Å². The first-order valence-corrected chi connectivity index (χ1v) is 10.2. The van der Waals surface area contributed by atoms with Gasteiger partial charge in [0.1, 0.15) is 6.04 Å². The Bertz CT molecular complexity index is 857. The van der Waals surface area contributed by atoms with Crippen LogP contribution in [-0.2, 0) is 19.2 Å². The maximum absolute atomic E-state index is 12.7. The number of anilines is 1. The summed E-state index contributed by atoms with van der Waals surface area (Å²) in [5.41, 5.74) is 11.6. The molecule has 1 aliphatic heterocycles. The van der Waals surface area contributed by atoms with Gasteiger partial charge in [0.15, 0.2) is 5.84 Å². The minimum Gasteiger partial charge on any atom is -0.466 e. The van der Waals surface area contributed by atoms with Gasteiger partial charge >= 0.3 is 18.1 Å². The Morgan fingerprint density at radius 2 is 1.94 bits per heavy atom. The molecular weight excluding hydrogens is 420 g/mol. The average molecular weight is 448 g/mol. The topological polar surface area (TPSA) is 178 Å². The first-order chi connectivity index (χ1) is 15.3. The molecule has 0 saturated carbocycles. The third-order valence-corrected chi connectivity index (χ3v) is 4.60. The van der Waals surface area contributed by atoms with E-state index in [4.69, 9.17) is 16.2 Å². The highest BCUT2D eigenvalue weighted by atomic mass is 16.7. The molecule has 1 atom stereocenters. The van der Waals surface area contributed by atoms with Gasteiger partial charge in [-0.2, -0.15) is 0 Å². The molecule has 0 radical (unpaired) electrons. The molecule has 1 aliphatic rings. The zero-order chi connectivity index (χ0) is 23.5. The van der Waals surface area contributed by atoms with E-state index in [0.717, 1.165) is 12.8 Å². The van der Waals surface area contributed by atoms with Crippen LogP contribution < -0.4 is 27.0 Å². The number of amidine groups is 1. The lowest BCUT2D eigenvalue weighted by Crippen LogP contribution is -2.46. The molecule has 32 heavy (non-hydrogen) atoms. The predicted molar refractivity (Wildman–Crippen MR) is 116 cm³/mol. The highest BCUT2D eigenvalue weighted by molar-refractivity contribution is 6.02. The number of ether oxygens (including phenoxy) is 1. The van der Waals surface area contributed by atoms with E-state index in [2.05, 4.69) is 20.6 Å². The van der Waals surface area contributed by atoms with Crippen molar-refractivity contribution in [1.82, 2.24) is 10.6 Å². The first kappa shape index (κ1) is 24.4. The number of carbonyl (C=O) groups is 4. The van der Waals surface area contributed by atoms with Crippen LogP contribution in [-0.4, -0.2) is 55.6 Å². The largest absolute Gasteiger partial charge is 0.466 e. The molecule has 1 unspecified atom stereocenters. The zero-order valence-corrected chi connectivity index (χ0v) is 17.8. The van der Waals surface area contributed by atoms with Crippen LogP contribution in [0.15, 0.2) is 29.4 Å². The molecule has 2 rings (SSSR count). The second kappa shape index (κ2) is 12.1. The average Bonchev–Trinajstić information content (AvgIpc) is 3.12. The van der Waals surface area contributed by atoms with Crippen LogP contribution in [0.4, 0.5) is 15.3 Å². The van der Waals surface area contributed by atoms with Crippen molar-refractivity contribution in [1.29, 1.82) is 0 Å². The number of nitrogens with one attached hydrogen (secondary N) is 2. The van der Waals surface area contributed by atoms with E-state index in [0.29, 0.717) is 30.8 Å². The van der Waals surface area contributed by atoms with Crippen LogP contribution in [0.1, 0.15) is 38.2 Å². The molecule has 1 aromatic carbocycles. The lowest BCUT2D eigenvalue weighted by molar-refractivity contribution is -0.143. The number of carbonyl (C=O) groups excluding carboxylic acids is 4. The van der Waals surface area contributed by atoms with Gasteiger partial charge in [-0.1, -0.05) is 18.5 Å². The number of oxime groups is 1. The molecule has 0 aliphatic carbocycles. The van der Waals surface area contributed by atoms with Gasteiger partial charge < -0.3 is 31.7 Å². The van der Waals surface area contributed by atoms with Crippen LogP contribution in [0.25, 0.3) is 0 Å². The normalized spacial score (nSPS) is 15.9. The van der Waals surface area contributed by atoms with Crippen LogP contribution in [0, 0.1) is 0 Å². The van der Waals surface area contributed by atoms with Crippen molar-refractivity contribution < 1.29 is 28.8 Å². The second-order valence-electron chi connectivity index (χ2n) is 6.99. The Balaban J connectivity index is 1.81. The third kappa shape index (κ3) is 7.45. The Labute approximate surface area is 185 Å². The summed E-state index contributed by atoms with van der Waals surface area (Å²) in [6.45, 7) is 2.90. The monoisotopic (exact) mass is 448 g/mol. The highest BCUT2D eigenvalue weighted by Gasteiger charge is 2.33. The Kier molecular flexibility index (Phi) is 9.26. The highest BCUT2D eigenvalue weighted by Crippen LogP contribution is 2.22. The lowest BCUT2D eigenvalue weighted by Gasteiger charge is -2.18.